The van der Waals surface area contributed by atoms with Gasteiger partial charge in [-0.2, -0.15) is 0 Å². The summed E-state index contributed by atoms with van der Waals surface area (Å²) < 4.78 is 37.1. The average Bonchev–Trinajstić information content (AvgIpc) is 3.27. The molecule has 3 saturated heterocycles. The summed E-state index contributed by atoms with van der Waals surface area (Å²) in [4.78, 5) is 0. The molecule has 5 rings (SSSR count). The van der Waals surface area contributed by atoms with Crippen molar-refractivity contribution in [1.29, 1.82) is 0 Å². The molecule has 25 heavy (non-hydrogen) atoms. The van der Waals surface area contributed by atoms with Crippen molar-refractivity contribution in [2.24, 2.45) is 0 Å². The third kappa shape index (κ3) is 2.86. The van der Waals surface area contributed by atoms with Gasteiger partial charge in [0, 0.05) is 32.8 Å². The highest BCUT2D eigenvalue weighted by atomic mass is 16.8. The second kappa shape index (κ2) is 6.43. The number of fused-ring (bicyclic) bond motifs is 1. The number of hydrogen-bond donors (Lipinski definition) is 0. The Morgan fingerprint density at radius 3 is 2.12 bits per heavy atom. The maximum atomic E-state index is 6.38. The van der Waals surface area contributed by atoms with Crippen LogP contribution in [-0.4, -0.2) is 56.0 Å². The largest absolute Gasteiger partial charge is 0.376 e. The summed E-state index contributed by atoms with van der Waals surface area (Å²) >= 11 is 0. The highest BCUT2D eigenvalue weighted by Crippen LogP contribution is 2.48. The molecule has 3 aliphatic heterocycles. The molecule has 6 heteroatoms. The monoisotopic (exact) mass is 354 g/mol. The summed E-state index contributed by atoms with van der Waals surface area (Å²) in [5.41, 5.74) is 0. The van der Waals surface area contributed by atoms with E-state index in [0.29, 0.717) is 6.61 Å². The van der Waals surface area contributed by atoms with Gasteiger partial charge in [0.1, 0.15) is 24.4 Å². The summed E-state index contributed by atoms with van der Waals surface area (Å²) in [6, 6.07) is 0. The van der Waals surface area contributed by atoms with Gasteiger partial charge in [-0.15, -0.1) is 0 Å². The van der Waals surface area contributed by atoms with E-state index < -0.39 is 11.6 Å². The van der Waals surface area contributed by atoms with E-state index in [-0.39, 0.29) is 30.7 Å². The molecule has 2 spiro atoms. The molecular weight excluding hydrogens is 324 g/mol. The Labute approximate surface area is 149 Å². The smallest absolute Gasteiger partial charge is 0.190 e. The van der Waals surface area contributed by atoms with Crippen LogP contribution in [-0.2, 0) is 28.4 Å². The van der Waals surface area contributed by atoms with Crippen LogP contribution in [0.2, 0.25) is 0 Å². The van der Waals surface area contributed by atoms with E-state index >= 15 is 0 Å². The molecule has 0 unspecified atom stereocenters. The molecule has 0 radical (unpaired) electrons. The molecule has 0 aromatic rings. The summed E-state index contributed by atoms with van der Waals surface area (Å²) in [5.74, 6) is -0.846. The van der Waals surface area contributed by atoms with E-state index in [9.17, 15) is 0 Å². The SMILES string of the molecule is CO[C@H]1[C@H]([C@H]2COC3(CCCCC3)O2)O[C@@H]2OC3(CCCCC3)O[C@@H]21. The van der Waals surface area contributed by atoms with E-state index in [4.69, 9.17) is 28.4 Å². The summed E-state index contributed by atoms with van der Waals surface area (Å²) in [6.45, 7) is 0.565. The van der Waals surface area contributed by atoms with Gasteiger partial charge >= 0.3 is 0 Å². The summed E-state index contributed by atoms with van der Waals surface area (Å²) in [5, 5.41) is 0. The van der Waals surface area contributed by atoms with E-state index in [1.54, 1.807) is 7.11 Å². The van der Waals surface area contributed by atoms with Crippen molar-refractivity contribution in [2.75, 3.05) is 13.7 Å². The fraction of sp³-hybridized carbons (Fsp3) is 1.00. The zero-order valence-electron chi connectivity index (χ0n) is 15.1. The van der Waals surface area contributed by atoms with E-state index in [0.717, 1.165) is 38.5 Å². The Hall–Kier alpha value is -0.240. The molecule has 142 valence electrons. The van der Waals surface area contributed by atoms with Crippen molar-refractivity contribution < 1.29 is 28.4 Å². The lowest BCUT2D eigenvalue weighted by atomic mass is 9.94. The van der Waals surface area contributed by atoms with Gasteiger partial charge in [-0.1, -0.05) is 12.8 Å². The van der Waals surface area contributed by atoms with E-state index in [1.165, 1.54) is 25.7 Å². The van der Waals surface area contributed by atoms with Gasteiger partial charge in [0.2, 0.25) is 0 Å². The third-order valence-electron chi connectivity index (χ3n) is 6.64. The molecule has 5 fully saturated rings. The van der Waals surface area contributed by atoms with Gasteiger partial charge in [-0.05, 0) is 25.7 Å². The predicted octanol–water partition coefficient (Wildman–Crippen LogP) is 2.88. The lowest BCUT2D eigenvalue weighted by Crippen LogP contribution is -2.45. The van der Waals surface area contributed by atoms with Crippen LogP contribution in [0.5, 0.6) is 0 Å². The van der Waals surface area contributed by atoms with Crippen LogP contribution in [0.25, 0.3) is 0 Å². The zero-order chi connectivity index (χ0) is 16.9. The number of ether oxygens (including phenoxy) is 6. The van der Waals surface area contributed by atoms with Crippen molar-refractivity contribution in [2.45, 2.75) is 106 Å². The normalized spacial score (nSPS) is 45.2. The minimum atomic E-state index is -0.451. The first kappa shape index (κ1) is 16.9. The lowest BCUT2D eigenvalue weighted by Gasteiger charge is -2.35. The highest BCUT2D eigenvalue weighted by Gasteiger charge is 2.61. The summed E-state index contributed by atoms with van der Waals surface area (Å²) in [7, 11) is 1.73. The molecule has 0 bridgehead atoms. The molecule has 0 aromatic carbocycles. The fourth-order valence-corrected chi connectivity index (χ4v) is 5.34. The first-order valence-corrected chi connectivity index (χ1v) is 10.1. The minimum absolute atomic E-state index is 0.108. The van der Waals surface area contributed by atoms with Gasteiger partial charge in [0.25, 0.3) is 0 Å². The number of rotatable bonds is 2. The lowest BCUT2D eigenvalue weighted by molar-refractivity contribution is -0.261. The molecule has 5 atom stereocenters. The van der Waals surface area contributed by atoms with Crippen LogP contribution in [0.3, 0.4) is 0 Å². The van der Waals surface area contributed by atoms with E-state index in [1.807, 2.05) is 0 Å². The van der Waals surface area contributed by atoms with Crippen molar-refractivity contribution in [1.82, 2.24) is 0 Å². The molecule has 0 aromatic heterocycles. The molecule has 2 saturated carbocycles. The molecule has 0 N–H and O–H groups in total. The van der Waals surface area contributed by atoms with Crippen LogP contribution in [0.1, 0.15) is 64.2 Å². The van der Waals surface area contributed by atoms with Crippen molar-refractivity contribution >= 4 is 0 Å². The molecule has 5 aliphatic rings. The Kier molecular flexibility index (Phi) is 4.34. The van der Waals surface area contributed by atoms with Gasteiger partial charge in [0.15, 0.2) is 17.9 Å². The first-order chi connectivity index (χ1) is 12.2. The second-order valence-corrected chi connectivity index (χ2v) is 8.28. The molecule has 6 nitrogen and oxygen atoms in total. The minimum Gasteiger partial charge on any atom is -0.376 e. The van der Waals surface area contributed by atoms with Crippen LogP contribution in [0.4, 0.5) is 0 Å². The molecule has 2 aliphatic carbocycles. The highest BCUT2D eigenvalue weighted by molar-refractivity contribution is 5.01. The Balaban J connectivity index is 1.27. The van der Waals surface area contributed by atoms with Crippen molar-refractivity contribution in [3.05, 3.63) is 0 Å². The first-order valence-electron chi connectivity index (χ1n) is 10.1. The topological polar surface area (TPSA) is 55.4 Å². The number of hydrogen-bond acceptors (Lipinski definition) is 6. The Morgan fingerprint density at radius 1 is 0.760 bits per heavy atom. The maximum absolute atomic E-state index is 6.38. The standard InChI is InChI=1S/C19H30O6/c1-20-15-14(13-12-21-18(23-13)8-4-2-5-9-18)22-17-16(15)24-19(25-17)10-6-3-7-11-19/h13-17H,2-12H2,1H3/t13-,14+,15+,16-,17-/m1/s1. The quantitative estimate of drug-likeness (QED) is 0.760. The second-order valence-electron chi connectivity index (χ2n) is 8.28. The fourth-order valence-electron chi connectivity index (χ4n) is 5.34. The van der Waals surface area contributed by atoms with Gasteiger partial charge in [-0.25, -0.2) is 0 Å². The summed E-state index contributed by atoms with van der Waals surface area (Å²) in [6.07, 6.45) is 10.1. The van der Waals surface area contributed by atoms with Gasteiger partial charge in [0.05, 0.1) is 6.61 Å². The Bertz CT molecular complexity index is 484. The van der Waals surface area contributed by atoms with E-state index in [2.05, 4.69) is 0 Å². The van der Waals surface area contributed by atoms with Crippen molar-refractivity contribution in [3.63, 3.8) is 0 Å². The van der Waals surface area contributed by atoms with Crippen LogP contribution in [0.15, 0.2) is 0 Å². The maximum Gasteiger partial charge on any atom is 0.190 e. The molecular formula is C19H30O6. The van der Waals surface area contributed by atoms with Gasteiger partial charge in [-0.3, -0.25) is 0 Å². The van der Waals surface area contributed by atoms with Crippen LogP contribution in [0, 0.1) is 0 Å². The third-order valence-corrected chi connectivity index (χ3v) is 6.64. The predicted molar refractivity (Wildman–Crippen MR) is 87.9 cm³/mol. The van der Waals surface area contributed by atoms with Gasteiger partial charge < -0.3 is 28.4 Å². The number of methoxy groups -OCH3 is 1. The Morgan fingerprint density at radius 2 is 1.44 bits per heavy atom. The van der Waals surface area contributed by atoms with Crippen LogP contribution < -0.4 is 0 Å². The zero-order valence-corrected chi connectivity index (χ0v) is 15.1. The molecule has 0 amide bonds. The van der Waals surface area contributed by atoms with Crippen molar-refractivity contribution in [3.8, 4) is 0 Å². The average molecular weight is 354 g/mol. The van der Waals surface area contributed by atoms with Crippen LogP contribution >= 0.6 is 0 Å². The molecule has 3 heterocycles.